The van der Waals surface area contributed by atoms with Crippen LogP contribution in [0.3, 0.4) is 0 Å². The number of anilines is 1. The van der Waals surface area contributed by atoms with Crippen molar-refractivity contribution in [1.82, 2.24) is 0 Å². The topological polar surface area (TPSA) is 69.6 Å². The van der Waals surface area contributed by atoms with Gasteiger partial charge in [-0.2, -0.15) is 0 Å². The van der Waals surface area contributed by atoms with E-state index in [4.69, 9.17) is 11.6 Å². The monoisotopic (exact) mass is 309 g/mol. The van der Waals surface area contributed by atoms with Gasteiger partial charge in [0.25, 0.3) is 0 Å². The second-order valence-corrected chi connectivity index (χ2v) is 4.92. The lowest BCUT2D eigenvalue weighted by atomic mass is 10.1. The van der Waals surface area contributed by atoms with Crippen LogP contribution >= 0.6 is 11.6 Å². The minimum atomic E-state index is -1.14. The molecule has 21 heavy (non-hydrogen) atoms. The molecule has 0 bridgehead atoms. The SMILES string of the molecule is O=C(C[C@@H](O)c1cccc(F)c1)Nc1cc(Cl)ccc1O. The molecule has 0 saturated heterocycles. The summed E-state index contributed by atoms with van der Waals surface area (Å²) in [5, 5.41) is 22.3. The standard InChI is InChI=1S/C15H13ClFNO3/c16-10-4-5-13(19)12(7-10)18-15(21)8-14(20)9-2-1-3-11(17)6-9/h1-7,14,19-20H,8H2,(H,18,21)/t14-/m1/s1. The molecule has 6 heteroatoms. The molecule has 2 rings (SSSR count). The molecular formula is C15H13ClFNO3. The van der Waals surface area contributed by atoms with Crippen molar-refractivity contribution in [3.05, 3.63) is 58.9 Å². The lowest BCUT2D eigenvalue weighted by molar-refractivity contribution is -0.118. The highest BCUT2D eigenvalue weighted by molar-refractivity contribution is 6.31. The van der Waals surface area contributed by atoms with Crippen LogP contribution in [0.5, 0.6) is 5.75 Å². The summed E-state index contributed by atoms with van der Waals surface area (Å²) in [6.07, 6.45) is -1.41. The molecule has 0 aromatic heterocycles. The minimum Gasteiger partial charge on any atom is -0.506 e. The summed E-state index contributed by atoms with van der Waals surface area (Å²) in [6, 6.07) is 9.61. The highest BCUT2D eigenvalue weighted by Crippen LogP contribution is 2.27. The van der Waals surface area contributed by atoms with Crippen LogP contribution < -0.4 is 5.32 Å². The molecule has 0 fully saturated rings. The zero-order chi connectivity index (χ0) is 15.4. The number of benzene rings is 2. The maximum atomic E-state index is 13.0. The Balaban J connectivity index is 2.03. The number of phenols is 1. The third-order valence-corrected chi connectivity index (χ3v) is 3.08. The Hall–Kier alpha value is -2.11. The van der Waals surface area contributed by atoms with Crippen molar-refractivity contribution in [2.75, 3.05) is 5.32 Å². The first-order valence-corrected chi connectivity index (χ1v) is 6.55. The van der Waals surface area contributed by atoms with Gasteiger partial charge in [0.2, 0.25) is 5.91 Å². The fourth-order valence-electron chi connectivity index (χ4n) is 1.82. The number of phenolic OH excluding ortho intramolecular Hbond substituents is 1. The van der Waals surface area contributed by atoms with E-state index in [1.165, 1.54) is 36.4 Å². The normalized spacial score (nSPS) is 12.0. The summed E-state index contributed by atoms with van der Waals surface area (Å²) in [5.41, 5.74) is 0.458. The van der Waals surface area contributed by atoms with Crippen LogP contribution in [0.1, 0.15) is 18.1 Å². The van der Waals surface area contributed by atoms with Crippen molar-refractivity contribution in [2.24, 2.45) is 0 Å². The summed E-state index contributed by atoms with van der Waals surface area (Å²) >= 11 is 5.77. The van der Waals surface area contributed by atoms with Crippen molar-refractivity contribution in [1.29, 1.82) is 0 Å². The summed E-state index contributed by atoms with van der Waals surface area (Å²) in [4.78, 5) is 11.8. The molecule has 2 aromatic carbocycles. The van der Waals surface area contributed by atoms with Crippen molar-refractivity contribution < 1.29 is 19.4 Å². The van der Waals surface area contributed by atoms with Crippen LogP contribution in [0.2, 0.25) is 5.02 Å². The zero-order valence-electron chi connectivity index (χ0n) is 10.9. The molecule has 0 saturated carbocycles. The Kier molecular flexibility index (Phi) is 4.77. The maximum Gasteiger partial charge on any atom is 0.227 e. The molecule has 3 N–H and O–H groups in total. The maximum absolute atomic E-state index is 13.0. The smallest absolute Gasteiger partial charge is 0.227 e. The number of halogens is 2. The first kappa shape index (κ1) is 15.3. The average Bonchev–Trinajstić information content (AvgIpc) is 2.42. The summed E-state index contributed by atoms with van der Waals surface area (Å²) in [6.45, 7) is 0. The van der Waals surface area contributed by atoms with E-state index in [1.54, 1.807) is 0 Å². The van der Waals surface area contributed by atoms with Gasteiger partial charge in [0, 0.05) is 5.02 Å². The van der Waals surface area contributed by atoms with E-state index in [-0.39, 0.29) is 17.9 Å². The van der Waals surface area contributed by atoms with Gasteiger partial charge in [-0.25, -0.2) is 4.39 Å². The van der Waals surface area contributed by atoms with Crippen LogP contribution in [-0.2, 0) is 4.79 Å². The highest BCUT2D eigenvalue weighted by atomic mass is 35.5. The lowest BCUT2D eigenvalue weighted by Gasteiger charge is -2.12. The van der Waals surface area contributed by atoms with E-state index in [0.717, 1.165) is 6.07 Å². The van der Waals surface area contributed by atoms with Crippen molar-refractivity contribution in [3.8, 4) is 5.75 Å². The number of aliphatic hydroxyl groups is 1. The van der Waals surface area contributed by atoms with Gasteiger partial charge in [-0.1, -0.05) is 23.7 Å². The van der Waals surface area contributed by atoms with Gasteiger partial charge in [0.1, 0.15) is 11.6 Å². The van der Waals surface area contributed by atoms with Gasteiger partial charge in [-0.15, -0.1) is 0 Å². The van der Waals surface area contributed by atoms with E-state index in [0.29, 0.717) is 10.6 Å². The fraction of sp³-hybridized carbons (Fsp3) is 0.133. The van der Waals surface area contributed by atoms with Crippen LogP contribution in [0, 0.1) is 5.82 Å². The van der Waals surface area contributed by atoms with Crippen LogP contribution in [-0.4, -0.2) is 16.1 Å². The fourth-order valence-corrected chi connectivity index (χ4v) is 1.99. The Morgan fingerprint density at radius 3 is 2.76 bits per heavy atom. The van der Waals surface area contributed by atoms with E-state index >= 15 is 0 Å². The van der Waals surface area contributed by atoms with Gasteiger partial charge in [0.05, 0.1) is 18.2 Å². The van der Waals surface area contributed by atoms with Crippen molar-refractivity contribution in [2.45, 2.75) is 12.5 Å². The molecule has 1 atom stereocenters. The molecule has 0 heterocycles. The summed E-state index contributed by atoms with van der Waals surface area (Å²) in [5.74, 6) is -1.14. The molecule has 4 nitrogen and oxygen atoms in total. The summed E-state index contributed by atoms with van der Waals surface area (Å²) < 4.78 is 13.0. The van der Waals surface area contributed by atoms with Gasteiger partial charge in [-0.05, 0) is 35.9 Å². The van der Waals surface area contributed by atoms with Crippen LogP contribution in [0.4, 0.5) is 10.1 Å². The number of amides is 1. The number of hydrogen-bond donors (Lipinski definition) is 3. The van der Waals surface area contributed by atoms with Crippen molar-refractivity contribution in [3.63, 3.8) is 0 Å². The lowest BCUT2D eigenvalue weighted by Crippen LogP contribution is -2.15. The molecule has 0 radical (unpaired) electrons. The Labute approximate surface area is 125 Å². The first-order valence-electron chi connectivity index (χ1n) is 6.17. The molecular weight excluding hydrogens is 297 g/mol. The van der Waals surface area contributed by atoms with E-state index in [9.17, 15) is 19.4 Å². The highest BCUT2D eigenvalue weighted by Gasteiger charge is 2.15. The second-order valence-electron chi connectivity index (χ2n) is 4.48. The Morgan fingerprint density at radius 2 is 2.05 bits per heavy atom. The van der Waals surface area contributed by atoms with E-state index in [2.05, 4.69) is 5.32 Å². The van der Waals surface area contributed by atoms with Crippen LogP contribution in [0.25, 0.3) is 0 Å². The van der Waals surface area contributed by atoms with Gasteiger partial charge in [-0.3, -0.25) is 4.79 Å². The van der Waals surface area contributed by atoms with E-state index in [1.807, 2.05) is 0 Å². The Bertz CT molecular complexity index is 663. The molecule has 0 aliphatic carbocycles. The molecule has 0 aliphatic rings. The zero-order valence-corrected chi connectivity index (χ0v) is 11.6. The molecule has 0 unspecified atom stereocenters. The van der Waals surface area contributed by atoms with Gasteiger partial charge < -0.3 is 15.5 Å². The minimum absolute atomic E-state index is 0.131. The molecule has 1 amide bonds. The largest absolute Gasteiger partial charge is 0.506 e. The molecule has 2 aromatic rings. The molecule has 0 aliphatic heterocycles. The number of hydrogen-bond acceptors (Lipinski definition) is 3. The van der Waals surface area contributed by atoms with E-state index < -0.39 is 17.8 Å². The van der Waals surface area contributed by atoms with Gasteiger partial charge in [0.15, 0.2) is 0 Å². The van der Waals surface area contributed by atoms with Crippen LogP contribution in [0.15, 0.2) is 42.5 Å². The second kappa shape index (κ2) is 6.56. The predicted octanol–water partition coefficient (Wildman–Crippen LogP) is 3.25. The Morgan fingerprint density at radius 1 is 1.29 bits per heavy atom. The third-order valence-electron chi connectivity index (χ3n) is 2.84. The number of carbonyl (C=O) groups excluding carboxylic acids is 1. The first-order chi connectivity index (χ1) is 9.95. The summed E-state index contributed by atoms with van der Waals surface area (Å²) in [7, 11) is 0. The van der Waals surface area contributed by atoms with Crippen molar-refractivity contribution >= 4 is 23.2 Å². The number of rotatable bonds is 4. The predicted molar refractivity (Wildman–Crippen MR) is 77.7 cm³/mol. The quantitative estimate of drug-likeness (QED) is 0.759. The molecule has 110 valence electrons. The van der Waals surface area contributed by atoms with Gasteiger partial charge >= 0.3 is 0 Å². The average molecular weight is 310 g/mol. The third kappa shape index (κ3) is 4.18. The number of aliphatic hydroxyl groups excluding tert-OH is 1. The number of nitrogens with one attached hydrogen (secondary N) is 1. The number of carbonyl (C=O) groups is 1. The number of aromatic hydroxyl groups is 1. The molecule has 0 spiro atoms.